The van der Waals surface area contributed by atoms with E-state index in [9.17, 15) is 14.7 Å². The van der Waals surface area contributed by atoms with Crippen LogP contribution < -0.4 is 0 Å². The van der Waals surface area contributed by atoms with E-state index in [0.717, 1.165) is 4.90 Å². The van der Waals surface area contributed by atoms with Crippen molar-refractivity contribution >= 4 is 22.8 Å². The average Bonchev–Trinajstić information content (AvgIpc) is 2.67. The van der Waals surface area contributed by atoms with Crippen molar-refractivity contribution in [2.24, 2.45) is 7.05 Å². The van der Waals surface area contributed by atoms with Crippen LogP contribution in [-0.2, 0) is 11.8 Å². The largest absolute Gasteiger partial charge is 0.507 e. The van der Waals surface area contributed by atoms with Gasteiger partial charge in [-0.2, -0.15) is 0 Å². The van der Waals surface area contributed by atoms with Crippen LogP contribution >= 0.6 is 0 Å². The van der Waals surface area contributed by atoms with Gasteiger partial charge in [-0.05, 0) is 18.2 Å². The molecule has 0 spiro atoms. The van der Waals surface area contributed by atoms with E-state index in [-0.39, 0.29) is 12.3 Å². The number of hydrogen-bond acceptors (Lipinski definition) is 3. The van der Waals surface area contributed by atoms with Crippen molar-refractivity contribution in [2.75, 3.05) is 13.6 Å². The number of carbonyl (C=O) groups is 2. The Balaban J connectivity index is 2.46. The zero-order valence-corrected chi connectivity index (χ0v) is 10.6. The summed E-state index contributed by atoms with van der Waals surface area (Å²) in [5.74, 6) is -1.38. The van der Waals surface area contributed by atoms with Gasteiger partial charge in [0.25, 0.3) is 5.91 Å². The lowest BCUT2D eigenvalue weighted by Gasteiger charge is -2.14. The predicted molar refractivity (Wildman–Crippen MR) is 69.2 cm³/mol. The zero-order chi connectivity index (χ0) is 14.2. The monoisotopic (exact) mass is 262 g/mol. The molecule has 0 bridgehead atoms. The van der Waals surface area contributed by atoms with Crippen LogP contribution in [0.2, 0.25) is 0 Å². The Hall–Kier alpha value is -2.50. The molecule has 6 heteroatoms. The van der Waals surface area contributed by atoms with E-state index in [1.165, 1.54) is 13.1 Å². The van der Waals surface area contributed by atoms with Gasteiger partial charge in [0.2, 0.25) is 0 Å². The number of phenolic OH excluding ortho intramolecular Hbond substituents is 1. The zero-order valence-electron chi connectivity index (χ0n) is 10.6. The van der Waals surface area contributed by atoms with Crippen LogP contribution in [-0.4, -0.2) is 45.1 Å². The molecule has 6 nitrogen and oxygen atoms in total. The fraction of sp³-hybridized carbons (Fsp3) is 0.231. The van der Waals surface area contributed by atoms with E-state index in [0.29, 0.717) is 16.6 Å². The molecule has 1 heterocycles. The van der Waals surface area contributed by atoms with Crippen molar-refractivity contribution in [1.82, 2.24) is 9.47 Å². The van der Waals surface area contributed by atoms with E-state index in [2.05, 4.69) is 0 Å². The second kappa shape index (κ2) is 4.64. The number of fused-ring (bicyclic) bond motifs is 1. The minimum atomic E-state index is -1.07. The molecule has 0 fully saturated rings. The minimum Gasteiger partial charge on any atom is -0.507 e. The second-order valence-corrected chi connectivity index (χ2v) is 4.35. The number of benzene rings is 1. The smallest absolute Gasteiger partial charge is 0.323 e. The molecule has 2 N–H and O–H groups in total. The number of phenols is 1. The number of carboxylic acids is 1. The molecule has 1 amide bonds. The van der Waals surface area contributed by atoms with Gasteiger partial charge in [0.05, 0.1) is 5.52 Å². The first-order valence-corrected chi connectivity index (χ1v) is 5.66. The van der Waals surface area contributed by atoms with Gasteiger partial charge >= 0.3 is 5.97 Å². The molecule has 0 saturated carbocycles. The first-order valence-electron chi connectivity index (χ1n) is 5.66. The molecule has 0 saturated heterocycles. The summed E-state index contributed by atoms with van der Waals surface area (Å²) in [6, 6.07) is 6.57. The maximum Gasteiger partial charge on any atom is 0.323 e. The summed E-state index contributed by atoms with van der Waals surface area (Å²) in [5, 5.41) is 19.0. The molecule has 100 valence electrons. The molecule has 19 heavy (non-hydrogen) atoms. The quantitative estimate of drug-likeness (QED) is 0.865. The Morgan fingerprint density at radius 1 is 1.37 bits per heavy atom. The first-order chi connectivity index (χ1) is 8.91. The molecule has 0 aliphatic heterocycles. The fourth-order valence-electron chi connectivity index (χ4n) is 2.02. The van der Waals surface area contributed by atoms with Crippen LogP contribution in [0.25, 0.3) is 10.9 Å². The van der Waals surface area contributed by atoms with E-state index < -0.39 is 11.9 Å². The number of carboxylic acid groups (broad SMARTS) is 1. The molecule has 0 atom stereocenters. The van der Waals surface area contributed by atoms with Crippen LogP contribution in [0.1, 0.15) is 10.5 Å². The van der Waals surface area contributed by atoms with Gasteiger partial charge in [0, 0.05) is 19.5 Å². The Bertz CT molecular complexity index is 660. The van der Waals surface area contributed by atoms with Crippen molar-refractivity contribution < 1.29 is 19.8 Å². The van der Waals surface area contributed by atoms with Gasteiger partial charge in [-0.3, -0.25) is 9.59 Å². The van der Waals surface area contributed by atoms with Crippen LogP contribution in [0, 0.1) is 0 Å². The third kappa shape index (κ3) is 2.24. The van der Waals surface area contributed by atoms with Crippen molar-refractivity contribution in [2.45, 2.75) is 0 Å². The van der Waals surface area contributed by atoms with Crippen molar-refractivity contribution in [1.29, 1.82) is 0 Å². The molecule has 0 aliphatic rings. The van der Waals surface area contributed by atoms with Crippen molar-refractivity contribution in [3.8, 4) is 5.75 Å². The van der Waals surface area contributed by atoms with Gasteiger partial charge in [-0.1, -0.05) is 6.07 Å². The van der Waals surface area contributed by atoms with Gasteiger partial charge in [0.15, 0.2) is 0 Å². The normalized spacial score (nSPS) is 10.6. The number of rotatable bonds is 3. The lowest BCUT2D eigenvalue weighted by molar-refractivity contribution is -0.137. The highest BCUT2D eigenvalue weighted by Gasteiger charge is 2.19. The highest BCUT2D eigenvalue weighted by atomic mass is 16.4. The Kier molecular flexibility index (Phi) is 3.16. The molecule has 2 rings (SSSR count). The number of aryl methyl sites for hydroxylation is 1. The topological polar surface area (TPSA) is 82.8 Å². The summed E-state index contributed by atoms with van der Waals surface area (Å²) >= 11 is 0. The number of nitrogens with zero attached hydrogens (tertiary/aromatic N) is 2. The number of amides is 1. The molecule has 2 aromatic rings. The van der Waals surface area contributed by atoms with E-state index in [1.807, 2.05) is 0 Å². The third-order valence-electron chi connectivity index (χ3n) is 3.00. The molecule has 0 unspecified atom stereocenters. The second-order valence-electron chi connectivity index (χ2n) is 4.35. The molecule has 1 aromatic carbocycles. The number of aliphatic carboxylic acids is 1. The fourth-order valence-corrected chi connectivity index (χ4v) is 2.02. The Morgan fingerprint density at radius 2 is 2.05 bits per heavy atom. The van der Waals surface area contributed by atoms with Gasteiger partial charge in [0.1, 0.15) is 18.0 Å². The van der Waals surface area contributed by atoms with Gasteiger partial charge < -0.3 is 19.7 Å². The maximum atomic E-state index is 12.1. The van der Waals surface area contributed by atoms with Crippen LogP contribution in [0.4, 0.5) is 0 Å². The summed E-state index contributed by atoms with van der Waals surface area (Å²) < 4.78 is 1.63. The van der Waals surface area contributed by atoms with E-state index in [1.54, 1.807) is 29.8 Å². The van der Waals surface area contributed by atoms with Crippen LogP contribution in [0.15, 0.2) is 24.3 Å². The minimum absolute atomic E-state index is 0.0908. The van der Waals surface area contributed by atoms with Gasteiger partial charge in [-0.25, -0.2) is 0 Å². The summed E-state index contributed by atoms with van der Waals surface area (Å²) in [7, 11) is 3.12. The van der Waals surface area contributed by atoms with Crippen molar-refractivity contribution in [3.05, 3.63) is 30.0 Å². The summed E-state index contributed by atoms with van der Waals surface area (Å²) in [5.41, 5.74) is 1.05. The Labute approximate surface area is 109 Å². The number of likely N-dealkylation sites (N-methyl/N-ethyl adjacent to an activating group) is 1. The first kappa shape index (κ1) is 12.9. The highest BCUT2D eigenvalue weighted by molar-refractivity contribution is 6.01. The van der Waals surface area contributed by atoms with Gasteiger partial charge in [-0.15, -0.1) is 0 Å². The lowest BCUT2D eigenvalue weighted by Crippen LogP contribution is -2.33. The summed E-state index contributed by atoms with van der Waals surface area (Å²) in [4.78, 5) is 23.9. The third-order valence-corrected chi connectivity index (χ3v) is 3.00. The van der Waals surface area contributed by atoms with Crippen molar-refractivity contribution in [3.63, 3.8) is 0 Å². The Morgan fingerprint density at radius 3 is 2.63 bits per heavy atom. The van der Waals surface area contributed by atoms with E-state index in [4.69, 9.17) is 5.11 Å². The van der Waals surface area contributed by atoms with E-state index >= 15 is 0 Å². The maximum absolute atomic E-state index is 12.1. The lowest BCUT2D eigenvalue weighted by atomic mass is 10.2. The summed E-state index contributed by atoms with van der Waals surface area (Å²) in [6.45, 7) is -0.369. The number of carbonyl (C=O) groups excluding carboxylic acids is 1. The number of hydrogen-bond donors (Lipinski definition) is 2. The molecule has 0 aliphatic carbocycles. The molecule has 0 radical (unpaired) electrons. The summed E-state index contributed by atoms with van der Waals surface area (Å²) in [6.07, 6.45) is 0. The number of aromatic nitrogens is 1. The number of aromatic hydroxyl groups is 1. The molecular formula is C13H14N2O4. The van der Waals surface area contributed by atoms with Crippen LogP contribution in [0.5, 0.6) is 5.75 Å². The van der Waals surface area contributed by atoms with Crippen LogP contribution in [0.3, 0.4) is 0 Å². The molecule has 1 aromatic heterocycles. The predicted octanol–water partition coefficient (Wildman–Crippen LogP) is 1.04. The molecular weight excluding hydrogens is 248 g/mol. The average molecular weight is 262 g/mol. The highest BCUT2D eigenvalue weighted by Crippen LogP contribution is 2.27. The standard InChI is InChI=1S/C13H14N2O4/c1-14(7-12(17)18)13(19)10-6-8-9(15(10)2)4-3-5-11(8)16/h3-6,16H,7H2,1-2H3,(H,17,18). The SMILES string of the molecule is CN(CC(=O)O)C(=O)c1cc2c(O)cccc2n1C.